The summed E-state index contributed by atoms with van der Waals surface area (Å²) in [4.78, 5) is 18.9. The molecule has 0 fully saturated rings. The number of sulfone groups is 1. The molecule has 0 spiro atoms. The summed E-state index contributed by atoms with van der Waals surface area (Å²) in [5.41, 5.74) is 1.82. The predicted octanol–water partition coefficient (Wildman–Crippen LogP) is 2.09. The van der Waals surface area contributed by atoms with Crippen LogP contribution < -0.4 is 0 Å². The monoisotopic (exact) mass is 374 g/mol. The Labute approximate surface area is 130 Å². The molecule has 0 saturated heterocycles. The number of ether oxygens (including phenoxy) is 1. The van der Waals surface area contributed by atoms with Gasteiger partial charge in [0.1, 0.15) is 15.5 Å². The number of hydrogen-bond acceptors (Lipinski definition) is 5. The minimum absolute atomic E-state index is 0.108. The molecule has 8 heteroatoms. The van der Waals surface area contributed by atoms with E-state index in [2.05, 4.69) is 25.9 Å². The number of carbonyl (C=O) groups excluding carboxylic acids is 1. The lowest BCUT2D eigenvalue weighted by Crippen LogP contribution is -2.04. The molecule has 0 aliphatic carbocycles. The molecule has 21 heavy (non-hydrogen) atoms. The van der Waals surface area contributed by atoms with Crippen molar-refractivity contribution in [3.8, 4) is 0 Å². The molecule has 0 bridgehead atoms. The van der Waals surface area contributed by atoms with E-state index in [1.54, 1.807) is 12.3 Å². The number of aromatic amines is 1. The fourth-order valence-corrected chi connectivity index (χ4v) is 3.47. The highest BCUT2D eigenvalue weighted by molar-refractivity contribution is 9.10. The average molecular weight is 375 g/mol. The lowest BCUT2D eigenvalue weighted by atomic mass is 10.1. The normalized spacial score (nSPS) is 11.8. The summed E-state index contributed by atoms with van der Waals surface area (Å²) in [7, 11) is -1.68. The van der Waals surface area contributed by atoms with E-state index in [4.69, 9.17) is 4.74 Å². The summed E-state index contributed by atoms with van der Waals surface area (Å²) in [6.45, 7) is 0. The molecule has 0 atom stereocenters. The number of methoxy groups -OCH3 is 1. The summed E-state index contributed by atoms with van der Waals surface area (Å²) in [5.74, 6) is -0.364. The minimum atomic E-state index is -2.99. The van der Waals surface area contributed by atoms with Crippen molar-refractivity contribution in [3.63, 3.8) is 0 Å². The number of pyridine rings is 1. The second kappa shape index (κ2) is 6.15. The zero-order valence-electron chi connectivity index (χ0n) is 11.6. The number of hydrogen-bond donors (Lipinski definition) is 1. The molecule has 0 aliphatic rings. The second-order valence-electron chi connectivity index (χ2n) is 4.72. The summed E-state index contributed by atoms with van der Waals surface area (Å²) >= 11 is 3.39. The van der Waals surface area contributed by atoms with Crippen molar-refractivity contribution in [1.29, 1.82) is 0 Å². The molecule has 0 amide bonds. The van der Waals surface area contributed by atoms with Crippen molar-refractivity contribution in [2.24, 2.45) is 0 Å². The van der Waals surface area contributed by atoms with E-state index in [1.165, 1.54) is 13.4 Å². The highest BCUT2D eigenvalue weighted by Crippen LogP contribution is 2.30. The van der Waals surface area contributed by atoms with Gasteiger partial charge in [0.05, 0.1) is 28.5 Å². The molecule has 114 valence electrons. The van der Waals surface area contributed by atoms with Crippen LogP contribution in [0.2, 0.25) is 0 Å². The van der Waals surface area contributed by atoms with Crippen LogP contribution in [0.3, 0.4) is 0 Å². The molecule has 0 unspecified atom stereocenters. The van der Waals surface area contributed by atoms with Crippen molar-refractivity contribution >= 4 is 42.6 Å². The van der Waals surface area contributed by atoms with Gasteiger partial charge in [-0.15, -0.1) is 0 Å². The van der Waals surface area contributed by atoms with E-state index < -0.39 is 15.8 Å². The molecule has 6 nitrogen and oxygen atoms in total. The second-order valence-corrected chi connectivity index (χ2v) is 7.77. The number of esters is 1. The van der Waals surface area contributed by atoms with Crippen molar-refractivity contribution in [2.75, 3.05) is 19.1 Å². The summed E-state index contributed by atoms with van der Waals surface area (Å²) in [6.07, 6.45) is 3.84. The van der Waals surface area contributed by atoms with Gasteiger partial charge in [-0.1, -0.05) is 0 Å². The third-order valence-electron chi connectivity index (χ3n) is 3.05. The van der Waals surface area contributed by atoms with Gasteiger partial charge in [0, 0.05) is 17.8 Å². The standard InChI is InChI=1S/C13H15BrN2O4S/c1-20-13(17)12-11(14)10-8(4-3-7-21(2,18)19)15-6-5-9(10)16-12/h5-6,16H,3-4,7H2,1-2H3. The predicted molar refractivity (Wildman–Crippen MR) is 83.2 cm³/mol. The molecule has 2 heterocycles. The van der Waals surface area contributed by atoms with E-state index >= 15 is 0 Å². The fraction of sp³-hybridized carbons (Fsp3) is 0.385. The van der Waals surface area contributed by atoms with Gasteiger partial charge in [0.2, 0.25) is 0 Å². The van der Waals surface area contributed by atoms with E-state index in [0.717, 1.165) is 16.6 Å². The van der Waals surface area contributed by atoms with Crippen LogP contribution in [0.25, 0.3) is 10.9 Å². The van der Waals surface area contributed by atoms with Gasteiger partial charge in [-0.3, -0.25) is 4.98 Å². The summed E-state index contributed by atoms with van der Waals surface area (Å²) < 4.78 is 27.7. The summed E-state index contributed by atoms with van der Waals surface area (Å²) in [5, 5.41) is 0.784. The Hall–Kier alpha value is -1.41. The first-order chi connectivity index (χ1) is 9.83. The van der Waals surface area contributed by atoms with Crippen molar-refractivity contribution in [1.82, 2.24) is 9.97 Å². The maximum absolute atomic E-state index is 11.7. The molecular formula is C13H15BrN2O4S. The van der Waals surface area contributed by atoms with Gasteiger partial charge in [-0.2, -0.15) is 0 Å². The van der Waals surface area contributed by atoms with Crippen LogP contribution in [0.4, 0.5) is 0 Å². The SMILES string of the molecule is COC(=O)c1[nH]c2ccnc(CCCS(C)(=O)=O)c2c1Br. The van der Waals surface area contributed by atoms with Crippen LogP contribution >= 0.6 is 15.9 Å². The molecule has 2 rings (SSSR count). The van der Waals surface area contributed by atoms with Crippen molar-refractivity contribution < 1.29 is 17.9 Å². The molecule has 2 aromatic heterocycles. The van der Waals surface area contributed by atoms with Crippen LogP contribution in [-0.2, 0) is 21.0 Å². The van der Waals surface area contributed by atoms with E-state index in [-0.39, 0.29) is 5.75 Å². The fourth-order valence-electron chi connectivity index (χ4n) is 2.10. The third kappa shape index (κ3) is 3.62. The highest BCUT2D eigenvalue weighted by atomic mass is 79.9. The number of carbonyl (C=O) groups is 1. The van der Waals surface area contributed by atoms with Crippen molar-refractivity contribution in [2.45, 2.75) is 12.8 Å². The first-order valence-electron chi connectivity index (χ1n) is 6.24. The van der Waals surface area contributed by atoms with Gasteiger partial charge in [-0.05, 0) is 34.8 Å². The first kappa shape index (κ1) is 16.0. The molecule has 2 aromatic rings. The van der Waals surface area contributed by atoms with Crippen LogP contribution in [0.1, 0.15) is 22.6 Å². The number of H-pyrrole nitrogens is 1. The van der Waals surface area contributed by atoms with Crippen LogP contribution in [0.5, 0.6) is 0 Å². The van der Waals surface area contributed by atoms with Crippen molar-refractivity contribution in [3.05, 3.63) is 28.1 Å². The topological polar surface area (TPSA) is 89.1 Å². The van der Waals surface area contributed by atoms with Crippen LogP contribution in [-0.4, -0.2) is 43.5 Å². The number of nitrogens with one attached hydrogen (secondary N) is 1. The first-order valence-corrected chi connectivity index (χ1v) is 9.10. The Balaban J connectivity index is 2.36. The Morgan fingerprint density at radius 2 is 2.19 bits per heavy atom. The molecule has 1 N–H and O–H groups in total. The Kier molecular flexibility index (Phi) is 4.67. The largest absolute Gasteiger partial charge is 0.464 e. The molecule has 0 saturated carbocycles. The maximum atomic E-state index is 11.7. The molecular weight excluding hydrogens is 360 g/mol. The zero-order chi connectivity index (χ0) is 15.6. The maximum Gasteiger partial charge on any atom is 0.355 e. The number of aryl methyl sites for hydroxylation is 1. The van der Waals surface area contributed by atoms with Gasteiger partial charge in [0.25, 0.3) is 0 Å². The van der Waals surface area contributed by atoms with E-state index in [9.17, 15) is 13.2 Å². The number of fused-ring (bicyclic) bond motifs is 1. The number of aromatic nitrogens is 2. The quantitative estimate of drug-likeness (QED) is 0.809. The van der Waals surface area contributed by atoms with E-state index in [1.807, 2.05) is 0 Å². The Bertz CT molecular complexity index is 783. The summed E-state index contributed by atoms with van der Waals surface area (Å²) in [6, 6.07) is 1.76. The molecule has 0 radical (unpaired) electrons. The van der Waals surface area contributed by atoms with Gasteiger partial charge >= 0.3 is 5.97 Å². The Morgan fingerprint density at radius 3 is 2.81 bits per heavy atom. The number of nitrogens with zero attached hydrogens (tertiary/aromatic N) is 1. The third-order valence-corrected chi connectivity index (χ3v) is 4.87. The number of halogens is 1. The lowest BCUT2D eigenvalue weighted by molar-refractivity contribution is 0.0594. The average Bonchev–Trinajstić information content (AvgIpc) is 2.75. The molecule has 0 aromatic carbocycles. The van der Waals surface area contributed by atoms with Gasteiger partial charge in [-0.25, -0.2) is 13.2 Å². The smallest absolute Gasteiger partial charge is 0.355 e. The Morgan fingerprint density at radius 1 is 1.48 bits per heavy atom. The number of rotatable bonds is 5. The van der Waals surface area contributed by atoms with E-state index in [0.29, 0.717) is 23.0 Å². The lowest BCUT2D eigenvalue weighted by Gasteiger charge is -2.02. The highest BCUT2D eigenvalue weighted by Gasteiger charge is 2.19. The molecule has 0 aliphatic heterocycles. The minimum Gasteiger partial charge on any atom is -0.464 e. The zero-order valence-corrected chi connectivity index (χ0v) is 14.0. The van der Waals surface area contributed by atoms with Gasteiger partial charge in [0.15, 0.2) is 0 Å². The van der Waals surface area contributed by atoms with Crippen LogP contribution in [0, 0.1) is 0 Å². The van der Waals surface area contributed by atoms with Gasteiger partial charge < -0.3 is 9.72 Å². The van der Waals surface area contributed by atoms with Crippen LogP contribution in [0.15, 0.2) is 16.7 Å².